The van der Waals surface area contributed by atoms with Gasteiger partial charge in [-0.3, -0.25) is 14.6 Å². The fraction of sp³-hybridized carbons (Fsp3) is 0.103. The molecule has 1 aliphatic rings. The van der Waals surface area contributed by atoms with Crippen LogP contribution in [0.5, 0.6) is 0 Å². The van der Waals surface area contributed by atoms with E-state index in [1.807, 2.05) is 68.4 Å². The SMILES string of the molecule is Cc1ccc(C)c(N2C(=O)c3ccc(C(=O)OC(c4ccccc4)c4ccccn4)cc3C2=O)c1. The minimum atomic E-state index is -0.720. The molecule has 3 aromatic carbocycles. The predicted molar refractivity (Wildman–Crippen MR) is 131 cm³/mol. The van der Waals surface area contributed by atoms with E-state index in [0.29, 0.717) is 11.4 Å². The van der Waals surface area contributed by atoms with Crippen LogP contribution in [-0.2, 0) is 4.74 Å². The number of imide groups is 1. The van der Waals surface area contributed by atoms with Crippen molar-refractivity contribution in [3.05, 3.63) is 130 Å². The second-order valence-corrected chi connectivity index (χ2v) is 8.45. The molecule has 0 fully saturated rings. The van der Waals surface area contributed by atoms with Crippen LogP contribution in [0.4, 0.5) is 5.69 Å². The monoisotopic (exact) mass is 462 g/mol. The van der Waals surface area contributed by atoms with E-state index in [1.165, 1.54) is 23.1 Å². The van der Waals surface area contributed by atoms with Crippen molar-refractivity contribution < 1.29 is 19.1 Å². The molecule has 1 aromatic heterocycles. The molecule has 2 amide bonds. The molecule has 0 spiro atoms. The summed E-state index contributed by atoms with van der Waals surface area (Å²) in [5.74, 6) is -1.48. The number of aryl methyl sites for hydroxylation is 2. The van der Waals surface area contributed by atoms with Crippen molar-refractivity contribution in [1.82, 2.24) is 4.98 Å². The smallest absolute Gasteiger partial charge is 0.339 e. The molecule has 0 saturated carbocycles. The van der Waals surface area contributed by atoms with Gasteiger partial charge in [-0.15, -0.1) is 0 Å². The molecule has 172 valence electrons. The third kappa shape index (κ3) is 4.10. The second kappa shape index (κ2) is 8.99. The summed E-state index contributed by atoms with van der Waals surface area (Å²) < 4.78 is 5.87. The number of amides is 2. The average Bonchev–Trinajstić information content (AvgIpc) is 3.14. The molecule has 1 aliphatic heterocycles. The zero-order valence-electron chi connectivity index (χ0n) is 19.3. The minimum Gasteiger partial charge on any atom is -0.447 e. The van der Waals surface area contributed by atoms with Gasteiger partial charge in [0.15, 0.2) is 6.10 Å². The quantitative estimate of drug-likeness (QED) is 0.291. The van der Waals surface area contributed by atoms with Gasteiger partial charge >= 0.3 is 5.97 Å². The largest absolute Gasteiger partial charge is 0.447 e. The summed E-state index contributed by atoms with van der Waals surface area (Å²) in [5, 5.41) is 0. The second-order valence-electron chi connectivity index (χ2n) is 8.45. The Hall–Kier alpha value is -4.58. The van der Waals surface area contributed by atoms with Gasteiger partial charge in [0, 0.05) is 6.20 Å². The molecule has 2 heterocycles. The Morgan fingerprint density at radius 2 is 1.57 bits per heavy atom. The Morgan fingerprint density at radius 3 is 2.31 bits per heavy atom. The maximum atomic E-state index is 13.3. The van der Waals surface area contributed by atoms with Gasteiger partial charge < -0.3 is 4.74 Å². The van der Waals surface area contributed by atoms with Crippen LogP contribution in [-0.4, -0.2) is 22.8 Å². The minimum absolute atomic E-state index is 0.180. The number of hydrogen-bond acceptors (Lipinski definition) is 5. The number of rotatable bonds is 5. The summed E-state index contributed by atoms with van der Waals surface area (Å²) in [5.41, 5.74) is 4.27. The lowest BCUT2D eigenvalue weighted by Crippen LogP contribution is -2.30. The van der Waals surface area contributed by atoms with Crippen LogP contribution in [0.1, 0.15) is 59.6 Å². The highest BCUT2D eigenvalue weighted by Gasteiger charge is 2.38. The molecule has 6 nitrogen and oxygen atoms in total. The zero-order chi connectivity index (χ0) is 24.5. The first-order valence-electron chi connectivity index (χ1n) is 11.2. The molecule has 0 N–H and O–H groups in total. The molecule has 0 radical (unpaired) electrons. The predicted octanol–water partition coefficient (Wildman–Crippen LogP) is 5.45. The molecule has 35 heavy (non-hydrogen) atoms. The van der Waals surface area contributed by atoms with Crippen LogP contribution in [0.15, 0.2) is 91.1 Å². The van der Waals surface area contributed by atoms with E-state index < -0.39 is 23.9 Å². The Bertz CT molecular complexity index is 1410. The van der Waals surface area contributed by atoms with E-state index in [9.17, 15) is 14.4 Å². The topological polar surface area (TPSA) is 76.6 Å². The van der Waals surface area contributed by atoms with Gasteiger partial charge in [-0.25, -0.2) is 9.69 Å². The number of pyridine rings is 1. The molecule has 0 bridgehead atoms. The van der Waals surface area contributed by atoms with Crippen molar-refractivity contribution in [3.63, 3.8) is 0 Å². The number of aromatic nitrogens is 1. The maximum Gasteiger partial charge on any atom is 0.339 e. The van der Waals surface area contributed by atoms with Crippen LogP contribution in [0.25, 0.3) is 0 Å². The van der Waals surface area contributed by atoms with Crippen molar-refractivity contribution in [2.24, 2.45) is 0 Å². The van der Waals surface area contributed by atoms with Crippen molar-refractivity contribution in [2.75, 3.05) is 4.90 Å². The Balaban J connectivity index is 1.47. The van der Waals surface area contributed by atoms with Crippen molar-refractivity contribution in [3.8, 4) is 0 Å². The van der Waals surface area contributed by atoms with Crippen molar-refractivity contribution in [2.45, 2.75) is 20.0 Å². The van der Waals surface area contributed by atoms with Gasteiger partial charge in [0.1, 0.15) is 0 Å². The standard InChI is InChI=1S/C29H22N2O4/c1-18-11-12-19(2)25(16-18)31-27(32)22-14-13-21(17-23(22)28(31)33)29(34)35-26(20-8-4-3-5-9-20)24-10-6-7-15-30-24/h3-17,26H,1-2H3. The average molecular weight is 463 g/mol. The summed E-state index contributed by atoms with van der Waals surface area (Å²) in [4.78, 5) is 45.0. The molecule has 4 aromatic rings. The highest BCUT2D eigenvalue weighted by atomic mass is 16.5. The van der Waals surface area contributed by atoms with E-state index >= 15 is 0 Å². The lowest BCUT2D eigenvalue weighted by atomic mass is 10.0. The van der Waals surface area contributed by atoms with Crippen molar-refractivity contribution >= 4 is 23.5 Å². The van der Waals surface area contributed by atoms with Gasteiger partial charge in [-0.2, -0.15) is 0 Å². The highest BCUT2D eigenvalue weighted by Crippen LogP contribution is 2.32. The molecule has 6 heteroatoms. The fourth-order valence-corrected chi connectivity index (χ4v) is 4.18. The molecule has 0 aliphatic carbocycles. The number of carbonyl (C=O) groups excluding carboxylic acids is 3. The zero-order valence-corrected chi connectivity index (χ0v) is 19.3. The number of hydrogen-bond donors (Lipinski definition) is 0. The third-order valence-electron chi connectivity index (χ3n) is 6.01. The summed E-state index contributed by atoms with van der Waals surface area (Å²) in [6.45, 7) is 3.75. The first kappa shape index (κ1) is 22.2. The molecular formula is C29H22N2O4. The summed E-state index contributed by atoms with van der Waals surface area (Å²) >= 11 is 0. The Labute approximate surface area is 202 Å². The molecular weight excluding hydrogens is 440 g/mol. The number of esters is 1. The van der Waals surface area contributed by atoms with Gasteiger partial charge in [0.25, 0.3) is 11.8 Å². The van der Waals surface area contributed by atoms with E-state index in [0.717, 1.165) is 16.7 Å². The molecule has 5 rings (SSSR count). The number of nitrogens with zero attached hydrogens (tertiary/aromatic N) is 2. The third-order valence-corrected chi connectivity index (χ3v) is 6.01. The fourth-order valence-electron chi connectivity index (χ4n) is 4.18. The number of fused-ring (bicyclic) bond motifs is 1. The van der Waals surface area contributed by atoms with E-state index in [1.54, 1.807) is 18.3 Å². The van der Waals surface area contributed by atoms with Gasteiger partial charge in [0.05, 0.1) is 28.1 Å². The number of benzene rings is 3. The number of carbonyl (C=O) groups is 3. The van der Waals surface area contributed by atoms with E-state index in [-0.39, 0.29) is 16.7 Å². The highest BCUT2D eigenvalue weighted by molar-refractivity contribution is 6.35. The van der Waals surface area contributed by atoms with Crippen LogP contribution < -0.4 is 4.90 Å². The van der Waals surface area contributed by atoms with E-state index in [2.05, 4.69) is 4.98 Å². The number of anilines is 1. The summed E-state index contributed by atoms with van der Waals surface area (Å²) in [7, 11) is 0. The lowest BCUT2D eigenvalue weighted by Gasteiger charge is -2.18. The Morgan fingerprint density at radius 1 is 0.829 bits per heavy atom. The summed E-state index contributed by atoms with van der Waals surface area (Å²) in [6, 6.07) is 24.8. The van der Waals surface area contributed by atoms with E-state index in [4.69, 9.17) is 4.74 Å². The molecule has 0 saturated heterocycles. The van der Waals surface area contributed by atoms with Crippen LogP contribution in [0.3, 0.4) is 0 Å². The van der Waals surface area contributed by atoms with Crippen LogP contribution in [0, 0.1) is 13.8 Å². The van der Waals surface area contributed by atoms with Gasteiger partial charge in [-0.05, 0) is 66.9 Å². The lowest BCUT2D eigenvalue weighted by molar-refractivity contribution is 0.0370. The molecule has 1 unspecified atom stereocenters. The summed E-state index contributed by atoms with van der Waals surface area (Å²) in [6.07, 6.45) is 0.919. The first-order valence-corrected chi connectivity index (χ1v) is 11.2. The van der Waals surface area contributed by atoms with Gasteiger partial charge in [-0.1, -0.05) is 48.5 Å². The Kier molecular flexibility index (Phi) is 5.71. The van der Waals surface area contributed by atoms with Crippen LogP contribution in [0.2, 0.25) is 0 Å². The molecule has 1 atom stereocenters. The van der Waals surface area contributed by atoms with Crippen molar-refractivity contribution in [1.29, 1.82) is 0 Å². The maximum absolute atomic E-state index is 13.3. The van der Waals surface area contributed by atoms with Crippen LogP contribution >= 0.6 is 0 Å². The normalized spacial score (nSPS) is 13.5. The van der Waals surface area contributed by atoms with Gasteiger partial charge in [0.2, 0.25) is 0 Å². The first-order chi connectivity index (χ1) is 16.9. The number of ether oxygens (including phenoxy) is 1.